The van der Waals surface area contributed by atoms with Crippen LogP contribution in [0.5, 0.6) is 0 Å². The van der Waals surface area contributed by atoms with Gasteiger partial charge in [-0.2, -0.15) is 0 Å². The molecule has 1 amide bonds. The Bertz CT molecular complexity index is 901. The molecular formula is C21H27FN2O3S. The topological polar surface area (TPSA) is 66.5 Å². The second kappa shape index (κ2) is 9.19. The van der Waals surface area contributed by atoms with Crippen LogP contribution in [0.1, 0.15) is 38.8 Å². The standard InChI is InChI=1S/C21H27FN2O3S/c1-15(2)13-20(17-9-6-5-7-10-17)23-21(25)16(3)24(28(4,26)27)19-12-8-11-18(22)14-19/h5-12,14-16,20H,13H2,1-4H3,(H,23,25)/t16-,20+/m1/s1. The zero-order valence-electron chi connectivity index (χ0n) is 16.6. The second-order valence-corrected chi connectivity index (χ2v) is 9.18. The van der Waals surface area contributed by atoms with E-state index in [-0.39, 0.29) is 11.7 Å². The predicted molar refractivity (Wildman–Crippen MR) is 110 cm³/mol. The summed E-state index contributed by atoms with van der Waals surface area (Å²) in [6.45, 7) is 5.61. The Hall–Kier alpha value is -2.41. The molecule has 28 heavy (non-hydrogen) atoms. The molecule has 5 nitrogen and oxygen atoms in total. The second-order valence-electron chi connectivity index (χ2n) is 7.32. The Morgan fingerprint density at radius 2 is 1.71 bits per heavy atom. The number of nitrogens with one attached hydrogen (secondary N) is 1. The van der Waals surface area contributed by atoms with E-state index in [9.17, 15) is 17.6 Å². The molecule has 0 saturated carbocycles. The third-order valence-corrected chi connectivity index (χ3v) is 5.62. The first kappa shape index (κ1) is 21.9. The van der Waals surface area contributed by atoms with Crippen LogP contribution in [0.2, 0.25) is 0 Å². The fourth-order valence-electron chi connectivity index (χ4n) is 3.15. The molecule has 0 radical (unpaired) electrons. The smallest absolute Gasteiger partial charge is 0.244 e. The van der Waals surface area contributed by atoms with Crippen molar-refractivity contribution in [1.29, 1.82) is 0 Å². The summed E-state index contributed by atoms with van der Waals surface area (Å²) in [5.74, 6) is -0.681. The minimum absolute atomic E-state index is 0.116. The average Bonchev–Trinajstić information content (AvgIpc) is 2.60. The summed E-state index contributed by atoms with van der Waals surface area (Å²) in [6.07, 6.45) is 1.71. The minimum atomic E-state index is -3.80. The molecule has 0 bridgehead atoms. The highest BCUT2D eigenvalue weighted by atomic mass is 32.2. The molecule has 0 aliphatic rings. The lowest BCUT2D eigenvalue weighted by molar-refractivity contribution is -0.122. The molecule has 2 rings (SSSR count). The normalized spacial score (nSPS) is 13.8. The van der Waals surface area contributed by atoms with Crippen molar-refractivity contribution < 1.29 is 17.6 Å². The SMILES string of the molecule is CC(C)C[C@H](NC(=O)[C@@H](C)N(c1cccc(F)c1)S(C)(=O)=O)c1ccccc1. The van der Waals surface area contributed by atoms with Crippen molar-refractivity contribution in [3.63, 3.8) is 0 Å². The number of benzene rings is 2. The highest BCUT2D eigenvalue weighted by molar-refractivity contribution is 7.92. The van der Waals surface area contributed by atoms with E-state index in [1.54, 1.807) is 0 Å². The van der Waals surface area contributed by atoms with Gasteiger partial charge < -0.3 is 5.32 Å². The van der Waals surface area contributed by atoms with E-state index in [0.717, 1.165) is 22.2 Å². The zero-order chi connectivity index (χ0) is 20.9. The molecule has 0 spiro atoms. The predicted octanol–water partition coefficient (Wildman–Crippen LogP) is 3.88. The fraction of sp³-hybridized carbons (Fsp3) is 0.381. The number of hydrogen-bond acceptors (Lipinski definition) is 3. The number of carbonyl (C=O) groups excluding carboxylic acids is 1. The number of hydrogen-bond donors (Lipinski definition) is 1. The number of carbonyl (C=O) groups is 1. The van der Waals surface area contributed by atoms with E-state index in [4.69, 9.17) is 0 Å². The van der Waals surface area contributed by atoms with Crippen LogP contribution >= 0.6 is 0 Å². The molecule has 2 atom stereocenters. The molecule has 7 heteroatoms. The summed E-state index contributed by atoms with van der Waals surface area (Å²) in [5, 5.41) is 2.96. The number of nitrogens with zero attached hydrogens (tertiary/aromatic N) is 1. The van der Waals surface area contributed by atoms with Gasteiger partial charge in [-0.25, -0.2) is 12.8 Å². The lowest BCUT2D eigenvalue weighted by atomic mass is 9.96. The van der Waals surface area contributed by atoms with Gasteiger partial charge in [0.2, 0.25) is 15.9 Å². The van der Waals surface area contributed by atoms with Gasteiger partial charge in [-0.05, 0) is 43.0 Å². The lowest BCUT2D eigenvalue weighted by Gasteiger charge is -2.30. The fourth-order valence-corrected chi connectivity index (χ4v) is 4.32. The van der Waals surface area contributed by atoms with Gasteiger partial charge in [0.1, 0.15) is 11.9 Å². The molecule has 0 unspecified atom stereocenters. The number of rotatable bonds is 8. The maximum atomic E-state index is 13.6. The Morgan fingerprint density at radius 1 is 1.07 bits per heavy atom. The average molecular weight is 407 g/mol. The van der Waals surface area contributed by atoms with Crippen LogP contribution in [0, 0.1) is 11.7 Å². The highest BCUT2D eigenvalue weighted by Crippen LogP contribution is 2.24. The maximum Gasteiger partial charge on any atom is 0.244 e. The largest absolute Gasteiger partial charge is 0.347 e. The molecule has 152 valence electrons. The summed E-state index contributed by atoms with van der Waals surface area (Å²) in [5.41, 5.74) is 1.07. The minimum Gasteiger partial charge on any atom is -0.347 e. The molecule has 0 aromatic heterocycles. The Labute approximate surface area is 166 Å². The van der Waals surface area contributed by atoms with Gasteiger partial charge in [0.25, 0.3) is 0 Å². The van der Waals surface area contributed by atoms with E-state index in [2.05, 4.69) is 19.2 Å². The van der Waals surface area contributed by atoms with E-state index in [1.807, 2.05) is 30.3 Å². The van der Waals surface area contributed by atoms with Crippen LogP contribution in [-0.4, -0.2) is 26.6 Å². The Kier molecular flexibility index (Phi) is 7.18. The third-order valence-electron chi connectivity index (χ3n) is 4.38. The van der Waals surface area contributed by atoms with Crippen LogP contribution in [0.4, 0.5) is 10.1 Å². The van der Waals surface area contributed by atoms with Crippen LogP contribution in [0.3, 0.4) is 0 Å². The van der Waals surface area contributed by atoms with Gasteiger partial charge >= 0.3 is 0 Å². The first-order valence-corrected chi connectivity index (χ1v) is 11.0. The summed E-state index contributed by atoms with van der Waals surface area (Å²) in [4.78, 5) is 12.9. The Morgan fingerprint density at radius 3 is 2.25 bits per heavy atom. The highest BCUT2D eigenvalue weighted by Gasteiger charge is 2.30. The van der Waals surface area contributed by atoms with E-state index in [1.165, 1.54) is 25.1 Å². The van der Waals surface area contributed by atoms with Gasteiger partial charge in [-0.3, -0.25) is 9.10 Å². The molecule has 0 aliphatic carbocycles. The van der Waals surface area contributed by atoms with Crippen LogP contribution in [0.15, 0.2) is 54.6 Å². The van der Waals surface area contributed by atoms with Gasteiger partial charge in [-0.1, -0.05) is 50.2 Å². The summed E-state index contributed by atoms with van der Waals surface area (Å²) >= 11 is 0. The summed E-state index contributed by atoms with van der Waals surface area (Å²) in [6, 6.07) is 13.5. The first-order chi connectivity index (χ1) is 13.1. The van der Waals surface area contributed by atoms with Gasteiger partial charge in [0, 0.05) is 0 Å². The van der Waals surface area contributed by atoms with Gasteiger partial charge in [-0.15, -0.1) is 0 Å². The van der Waals surface area contributed by atoms with E-state index < -0.39 is 27.8 Å². The van der Waals surface area contributed by atoms with Crippen molar-refractivity contribution in [3.8, 4) is 0 Å². The molecule has 0 heterocycles. The van der Waals surface area contributed by atoms with Crippen molar-refractivity contribution >= 4 is 21.6 Å². The van der Waals surface area contributed by atoms with Gasteiger partial charge in [0.05, 0.1) is 18.0 Å². The van der Waals surface area contributed by atoms with Crippen molar-refractivity contribution in [2.75, 3.05) is 10.6 Å². The molecule has 2 aromatic rings. The molecule has 0 fully saturated rings. The van der Waals surface area contributed by atoms with Crippen LogP contribution in [-0.2, 0) is 14.8 Å². The Balaban J connectivity index is 2.30. The third kappa shape index (κ3) is 5.79. The molecule has 0 aliphatic heterocycles. The summed E-state index contributed by atoms with van der Waals surface area (Å²) < 4.78 is 39.3. The lowest BCUT2D eigenvalue weighted by Crippen LogP contribution is -2.48. The molecule has 0 saturated heterocycles. The number of anilines is 1. The van der Waals surface area contributed by atoms with E-state index >= 15 is 0 Å². The number of halogens is 1. The van der Waals surface area contributed by atoms with E-state index in [0.29, 0.717) is 12.3 Å². The maximum absolute atomic E-state index is 13.6. The van der Waals surface area contributed by atoms with Crippen molar-refractivity contribution in [2.45, 2.75) is 39.3 Å². The molecule has 1 N–H and O–H groups in total. The first-order valence-electron chi connectivity index (χ1n) is 9.20. The quantitative estimate of drug-likeness (QED) is 0.723. The van der Waals surface area contributed by atoms with Crippen molar-refractivity contribution in [3.05, 3.63) is 66.0 Å². The van der Waals surface area contributed by atoms with Crippen molar-refractivity contribution in [2.24, 2.45) is 5.92 Å². The van der Waals surface area contributed by atoms with Crippen molar-refractivity contribution in [1.82, 2.24) is 5.32 Å². The monoisotopic (exact) mass is 406 g/mol. The molecular weight excluding hydrogens is 379 g/mol. The molecule has 2 aromatic carbocycles. The number of sulfonamides is 1. The zero-order valence-corrected chi connectivity index (χ0v) is 17.4. The van der Waals surface area contributed by atoms with Crippen LogP contribution in [0.25, 0.3) is 0 Å². The number of amides is 1. The van der Waals surface area contributed by atoms with Gasteiger partial charge in [0.15, 0.2) is 0 Å². The summed E-state index contributed by atoms with van der Waals surface area (Å²) in [7, 11) is -3.80. The van der Waals surface area contributed by atoms with Crippen LogP contribution < -0.4 is 9.62 Å².